The zero-order chi connectivity index (χ0) is 28.8. The number of hydrogen-bond donors (Lipinski definition) is 2. The Bertz CT molecular complexity index is 1190. The highest BCUT2D eigenvalue weighted by Crippen LogP contribution is 2.45. The number of phenolic OH excluding ortho intramolecular Hbond substituents is 2. The van der Waals surface area contributed by atoms with Crippen molar-refractivity contribution in [3.8, 4) is 34.5 Å². The maximum absolute atomic E-state index is 10.9. The Kier molecular flexibility index (Phi) is 7.64. The first-order valence-electron chi connectivity index (χ1n) is 13.4. The molecule has 0 bridgehead atoms. The molecule has 0 saturated carbocycles. The van der Waals surface area contributed by atoms with Gasteiger partial charge in [0.1, 0.15) is 34.5 Å². The molecule has 0 saturated heterocycles. The molecule has 38 heavy (non-hydrogen) atoms. The standard InChI is InChI=1S/C34H46O4/c1-31(2,3)21-17-25(35)29(33(7,8)9)27(19-21)37-23-13-15-24(16-14-23)38-28-20-22(32(4,5)6)18-26(36)30(28)34(10,11)12/h13-20,35-36H,1-12H3. The second kappa shape index (κ2) is 9.87. The van der Waals surface area contributed by atoms with Crippen LogP contribution in [0.15, 0.2) is 48.5 Å². The Labute approximate surface area is 229 Å². The Hall–Kier alpha value is -3.14. The Morgan fingerprint density at radius 2 is 0.737 bits per heavy atom. The highest BCUT2D eigenvalue weighted by atomic mass is 16.5. The van der Waals surface area contributed by atoms with E-state index in [4.69, 9.17) is 9.47 Å². The van der Waals surface area contributed by atoms with Crippen LogP contribution >= 0.6 is 0 Å². The summed E-state index contributed by atoms with van der Waals surface area (Å²) in [5.74, 6) is 3.08. The first-order chi connectivity index (χ1) is 17.2. The number of benzene rings is 3. The highest BCUT2D eigenvalue weighted by Gasteiger charge is 2.28. The second-order valence-corrected chi connectivity index (χ2v) is 14.4. The molecule has 3 aromatic rings. The predicted octanol–water partition coefficient (Wildman–Crippen LogP) is 9.87. The number of rotatable bonds is 4. The summed E-state index contributed by atoms with van der Waals surface area (Å²) in [6.07, 6.45) is 0. The lowest BCUT2D eigenvalue weighted by Gasteiger charge is -2.28. The molecule has 0 aliphatic heterocycles. The lowest BCUT2D eigenvalue weighted by Crippen LogP contribution is -2.16. The smallest absolute Gasteiger partial charge is 0.135 e. The zero-order valence-corrected chi connectivity index (χ0v) is 25.3. The van der Waals surface area contributed by atoms with Crippen molar-refractivity contribution in [1.82, 2.24) is 0 Å². The summed E-state index contributed by atoms with van der Waals surface area (Å²) in [5, 5.41) is 21.9. The van der Waals surface area contributed by atoms with Gasteiger partial charge in [-0.15, -0.1) is 0 Å². The molecule has 0 radical (unpaired) electrons. The Morgan fingerprint density at radius 3 is 0.974 bits per heavy atom. The van der Waals surface area contributed by atoms with Crippen molar-refractivity contribution in [3.63, 3.8) is 0 Å². The third-order valence-electron chi connectivity index (χ3n) is 6.67. The quantitative estimate of drug-likeness (QED) is 0.361. The molecule has 206 valence electrons. The fraction of sp³-hybridized carbons (Fsp3) is 0.471. The van der Waals surface area contributed by atoms with Crippen LogP contribution in [-0.4, -0.2) is 10.2 Å². The van der Waals surface area contributed by atoms with Gasteiger partial charge in [-0.25, -0.2) is 0 Å². The van der Waals surface area contributed by atoms with E-state index in [1.165, 1.54) is 0 Å². The highest BCUT2D eigenvalue weighted by molar-refractivity contribution is 5.55. The summed E-state index contributed by atoms with van der Waals surface area (Å²) in [7, 11) is 0. The van der Waals surface area contributed by atoms with Crippen molar-refractivity contribution in [2.45, 2.75) is 105 Å². The second-order valence-electron chi connectivity index (χ2n) is 14.4. The van der Waals surface area contributed by atoms with Crippen LogP contribution < -0.4 is 9.47 Å². The minimum Gasteiger partial charge on any atom is -0.507 e. The van der Waals surface area contributed by atoms with Gasteiger partial charge in [-0.1, -0.05) is 83.1 Å². The molecule has 2 N–H and O–H groups in total. The van der Waals surface area contributed by atoms with Crippen molar-refractivity contribution in [1.29, 1.82) is 0 Å². The van der Waals surface area contributed by atoms with Crippen LogP contribution in [0.2, 0.25) is 0 Å². The summed E-state index contributed by atoms with van der Waals surface area (Å²) in [6, 6.07) is 15.2. The van der Waals surface area contributed by atoms with Crippen LogP contribution in [0.5, 0.6) is 34.5 Å². The summed E-state index contributed by atoms with van der Waals surface area (Å²) in [6.45, 7) is 25.1. The fourth-order valence-corrected chi connectivity index (χ4v) is 4.57. The molecule has 0 unspecified atom stereocenters. The van der Waals surface area contributed by atoms with E-state index in [-0.39, 0.29) is 33.2 Å². The minimum atomic E-state index is -0.303. The molecule has 0 fully saturated rings. The van der Waals surface area contributed by atoms with Crippen LogP contribution in [-0.2, 0) is 21.7 Å². The molecule has 0 heterocycles. The molecule has 4 heteroatoms. The molecule has 3 rings (SSSR count). The van der Waals surface area contributed by atoms with Gasteiger partial charge in [-0.05, 0) is 81.3 Å². The van der Waals surface area contributed by atoms with E-state index in [1.54, 1.807) is 0 Å². The topological polar surface area (TPSA) is 58.9 Å². The van der Waals surface area contributed by atoms with E-state index in [0.29, 0.717) is 23.0 Å². The van der Waals surface area contributed by atoms with Gasteiger partial charge in [-0.3, -0.25) is 0 Å². The zero-order valence-electron chi connectivity index (χ0n) is 25.3. The van der Waals surface area contributed by atoms with Gasteiger partial charge in [-0.2, -0.15) is 0 Å². The van der Waals surface area contributed by atoms with E-state index in [2.05, 4.69) is 83.1 Å². The normalized spacial score (nSPS) is 12.9. The first kappa shape index (κ1) is 29.4. The molecule has 0 aromatic heterocycles. The lowest BCUT2D eigenvalue weighted by atomic mass is 9.81. The molecule has 0 spiro atoms. The van der Waals surface area contributed by atoms with Gasteiger partial charge in [0.2, 0.25) is 0 Å². The molecular weight excluding hydrogens is 472 g/mol. The van der Waals surface area contributed by atoms with Gasteiger partial charge < -0.3 is 19.7 Å². The lowest BCUT2D eigenvalue weighted by molar-refractivity contribution is 0.406. The first-order valence-corrected chi connectivity index (χ1v) is 13.4. The van der Waals surface area contributed by atoms with E-state index in [9.17, 15) is 10.2 Å². The van der Waals surface area contributed by atoms with Gasteiger partial charge in [0.15, 0.2) is 0 Å². The summed E-state index contributed by atoms with van der Waals surface area (Å²) >= 11 is 0. The predicted molar refractivity (Wildman–Crippen MR) is 158 cm³/mol. The van der Waals surface area contributed by atoms with Crippen LogP contribution in [0.1, 0.15) is 105 Å². The third kappa shape index (κ3) is 6.64. The number of ether oxygens (including phenoxy) is 2. The number of hydrogen-bond acceptors (Lipinski definition) is 4. The van der Waals surface area contributed by atoms with Crippen molar-refractivity contribution in [3.05, 3.63) is 70.8 Å². The fourth-order valence-electron chi connectivity index (χ4n) is 4.57. The molecule has 0 aliphatic rings. The molecule has 0 amide bonds. The van der Waals surface area contributed by atoms with Crippen LogP contribution in [0, 0.1) is 0 Å². The van der Waals surface area contributed by atoms with E-state index in [1.807, 2.05) is 48.5 Å². The van der Waals surface area contributed by atoms with Gasteiger partial charge in [0, 0.05) is 11.1 Å². The monoisotopic (exact) mass is 518 g/mol. The average molecular weight is 519 g/mol. The SMILES string of the molecule is CC(C)(C)c1cc(O)c(C(C)(C)C)c(Oc2ccc(Oc3cc(C(C)(C)C)cc(O)c3C(C)(C)C)cc2)c1. The van der Waals surface area contributed by atoms with Crippen molar-refractivity contribution in [2.24, 2.45) is 0 Å². The van der Waals surface area contributed by atoms with Gasteiger partial charge in [0.25, 0.3) is 0 Å². The minimum absolute atomic E-state index is 0.137. The molecular formula is C34H46O4. The van der Waals surface area contributed by atoms with Crippen molar-refractivity contribution in [2.75, 3.05) is 0 Å². The van der Waals surface area contributed by atoms with Crippen LogP contribution in [0.4, 0.5) is 0 Å². The third-order valence-corrected chi connectivity index (χ3v) is 6.67. The van der Waals surface area contributed by atoms with Crippen LogP contribution in [0.25, 0.3) is 0 Å². The molecule has 4 nitrogen and oxygen atoms in total. The molecule has 0 atom stereocenters. The van der Waals surface area contributed by atoms with E-state index < -0.39 is 0 Å². The van der Waals surface area contributed by atoms with E-state index >= 15 is 0 Å². The Morgan fingerprint density at radius 1 is 0.447 bits per heavy atom. The van der Waals surface area contributed by atoms with Crippen LogP contribution in [0.3, 0.4) is 0 Å². The summed E-state index contributed by atoms with van der Waals surface area (Å²) < 4.78 is 12.7. The number of aromatic hydroxyl groups is 2. The Balaban J connectivity index is 1.99. The maximum atomic E-state index is 10.9. The van der Waals surface area contributed by atoms with Gasteiger partial charge in [0.05, 0.1) is 0 Å². The largest absolute Gasteiger partial charge is 0.507 e. The van der Waals surface area contributed by atoms with E-state index in [0.717, 1.165) is 22.3 Å². The average Bonchev–Trinajstić information content (AvgIpc) is 2.71. The number of phenols is 2. The van der Waals surface area contributed by atoms with Crippen molar-refractivity contribution < 1.29 is 19.7 Å². The van der Waals surface area contributed by atoms with Gasteiger partial charge >= 0.3 is 0 Å². The van der Waals surface area contributed by atoms with Crippen molar-refractivity contribution >= 4 is 0 Å². The summed E-state index contributed by atoms with van der Waals surface area (Å²) in [5.41, 5.74) is 2.68. The molecule has 3 aromatic carbocycles. The maximum Gasteiger partial charge on any atom is 0.135 e. The summed E-state index contributed by atoms with van der Waals surface area (Å²) in [4.78, 5) is 0. The molecule has 0 aliphatic carbocycles.